The van der Waals surface area contributed by atoms with Gasteiger partial charge in [-0.1, -0.05) is 57.6 Å². The summed E-state index contributed by atoms with van der Waals surface area (Å²) in [5, 5.41) is 0.591. The molecule has 7 nitrogen and oxygen atoms in total. The van der Waals surface area contributed by atoms with Crippen LogP contribution < -0.4 is 4.90 Å². The third-order valence-electron chi connectivity index (χ3n) is 6.28. The molecule has 5 rings (SSSR count). The van der Waals surface area contributed by atoms with Crippen molar-refractivity contribution in [2.24, 2.45) is 0 Å². The first-order valence-corrected chi connectivity index (χ1v) is 15.0. The third-order valence-corrected chi connectivity index (χ3v) is 9.63. The molecule has 1 aromatic heterocycles. The minimum absolute atomic E-state index is 0.0611. The fourth-order valence-electron chi connectivity index (χ4n) is 4.27. The van der Waals surface area contributed by atoms with E-state index in [1.54, 1.807) is 24.1 Å². The van der Waals surface area contributed by atoms with Crippen LogP contribution in [0.5, 0.6) is 0 Å². The zero-order valence-corrected chi connectivity index (χ0v) is 23.4. The average molecular weight is 601 g/mol. The quantitative estimate of drug-likeness (QED) is 0.259. The van der Waals surface area contributed by atoms with Crippen molar-refractivity contribution >= 4 is 58.5 Å². The number of sulfonamides is 1. The molecule has 1 amide bonds. The van der Waals surface area contributed by atoms with Crippen LogP contribution in [0.15, 0.2) is 82.2 Å². The zero-order valence-electron chi connectivity index (χ0n) is 20.2. The van der Waals surface area contributed by atoms with Gasteiger partial charge >= 0.3 is 0 Å². The van der Waals surface area contributed by atoms with Gasteiger partial charge < -0.3 is 4.74 Å². The van der Waals surface area contributed by atoms with E-state index >= 15 is 0 Å². The Balaban J connectivity index is 1.40. The molecule has 0 spiro atoms. The lowest BCUT2D eigenvalue weighted by Gasteiger charge is -2.23. The van der Waals surface area contributed by atoms with Gasteiger partial charge in [-0.3, -0.25) is 9.69 Å². The molecule has 1 aliphatic rings. The lowest BCUT2D eigenvalue weighted by molar-refractivity contribution is 0.0917. The minimum atomic E-state index is -3.72. The number of carbonyl (C=O) groups is 1. The van der Waals surface area contributed by atoms with Crippen LogP contribution in [0.25, 0.3) is 10.2 Å². The number of hydrogen-bond donors (Lipinski definition) is 0. The summed E-state index contributed by atoms with van der Waals surface area (Å²) in [4.78, 5) is 20.2. The maximum Gasteiger partial charge on any atom is 0.260 e. The standard InChI is InChI=1S/C27H26BrN3O4S2/c1-30(17-19-6-3-2-4-7-19)37(33,34)23-12-9-20(10-13-23)26(32)31(18-22-8-5-15-35-22)27-29-24-14-11-21(28)16-25(24)36-27/h2-4,6-7,9-14,16,22H,5,8,15,17-18H2,1H3. The maximum atomic E-state index is 13.7. The molecule has 1 saturated heterocycles. The number of benzene rings is 3. The van der Waals surface area contributed by atoms with Crippen molar-refractivity contribution in [2.75, 3.05) is 25.1 Å². The molecule has 3 aromatic carbocycles. The number of thiazole rings is 1. The van der Waals surface area contributed by atoms with Crippen LogP contribution in [0.1, 0.15) is 28.8 Å². The monoisotopic (exact) mass is 599 g/mol. The fourth-order valence-corrected chi connectivity index (χ4v) is 6.96. The molecule has 1 atom stereocenters. The van der Waals surface area contributed by atoms with Gasteiger partial charge in [0, 0.05) is 30.2 Å². The van der Waals surface area contributed by atoms with Gasteiger partial charge in [-0.25, -0.2) is 13.4 Å². The van der Waals surface area contributed by atoms with Gasteiger partial charge in [-0.05, 0) is 60.9 Å². The first-order chi connectivity index (χ1) is 17.8. The minimum Gasteiger partial charge on any atom is -0.376 e. The molecule has 1 fully saturated rings. The molecule has 192 valence electrons. The summed E-state index contributed by atoms with van der Waals surface area (Å²) in [5.41, 5.74) is 2.10. The van der Waals surface area contributed by atoms with Gasteiger partial charge in [0.25, 0.3) is 5.91 Å². The van der Waals surface area contributed by atoms with E-state index in [1.807, 2.05) is 48.5 Å². The summed E-state index contributed by atoms with van der Waals surface area (Å²) in [6.45, 7) is 1.33. The lowest BCUT2D eigenvalue weighted by Crippen LogP contribution is -2.37. The second kappa shape index (κ2) is 11.0. The molecule has 0 bridgehead atoms. The van der Waals surface area contributed by atoms with E-state index in [4.69, 9.17) is 9.72 Å². The third kappa shape index (κ3) is 5.78. The van der Waals surface area contributed by atoms with Gasteiger partial charge in [-0.15, -0.1) is 0 Å². The van der Waals surface area contributed by atoms with Crippen LogP contribution in [0.3, 0.4) is 0 Å². The number of amides is 1. The molecule has 37 heavy (non-hydrogen) atoms. The highest BCUT2D eigenvalue weighted by Crippen LogP contribution is 2.32. The van der Waals surface area contributed by atoms with Crippen LogP contribution in [-0.4, -0.2) is 49.9 Å². The van der Waals surface area contributed by atoms with Crippen molar-refractivity contribution in [3.63, 3.8) is 0 Å². The predicted molar refractivity (Wildman–Crippen MR) is 150 cm³/mol. The highest BCUT2D eigenvalue weighted by Gasteiger charge is 2.28. The van der Waals surface area contributed by atoms with Crippen LogP contribution in [0.2, 0.25) is 0 Å². The van der Waals surface area contributed by atoms with E-state index in [0.29, 0.717) is 23.8 Å². The van der Waals surface area contributed by atoms with Gasteiger partial charge in [0.1, 0.15) is 0 Å². The lowest BCUT2D eigenvalue weighted by atomic mass is 10.2. The molecule has 4 aromatic rings. The number of halogens is 1. The van der Waals surface area contributed by atoms with Crippen LogP contribution in [0.4, 0.5) is 5.13 Å². The number of nitrogens with zero attached hydrogens (tertiary/aromatic N) is 3. The largest absolute Gasteiger partial charge is 0.376 e. The van der Waals surface area contributed by atoms with Gasteiger partial charge in [0.05, 0.1) is 27.8 Å². The maximum absolute atomic E-state index is 13.7. The molecule has 0 aliphatic carbocycles. The van der Waals surface area contributed by atoms with E-state index in [2.05, 4.69) is 15.9 Å². The SMILES string of the molecule is CN(Cc1ccccc1)S(=O)(=O)c1ccc(C(=O)N(CC2CCCO2)c2nc3ccc(Br)cc3s2)cc1. The van der Waals surface area contributed by atoms with Crippen molar-refractivity contribution in [2.45, 2.75) is 30.4 Å². The van der Waals surface area contributed by atoms with Gasteiger partial charge in [-0.2, -0.15) is 4.31 Å². The Morgan fingerprint density at radius 2 is 1.86 bits per heavy atom. The molecule has 1 unspecified atom stereocenters. The Labute approximate surface area is 228 Å². The van der Waals surface area contributed by atoms with Crippen molar-refractivity contribution in [3.05, 3.63) is 88.4 Å². The van der Waals surface area contributed by atoms with Crippen molar-refractivity contribution < 1.29 is 17.9 Å². The second-order valence-electron chi connectivity index (χ2n) is 8.93. The Bertz CT molecular complexity index is 1500. The van der Waals surface area contributed by atoms with Crippen LogP contribution in [0, 0.1) is 0 Å². The van der Waals surface area contributed by atoms with E-state index in [-0.39, 0.29) is 23.5 Å². The number of hydrogen-bond acceptors (Lipinski definition) is 6. The smallest absolute Gasteiger partial charge is 0.260 e. The highest BCUT2D eigenvalue weighted by molar-refractivity contribution is 9.10. The van der Waals surface area contributed by atoms with Crippen molar-refractivity contribution in [3.8, 4) is 0 Å². The summed E-state index contributed by atoms with van der Waals surface area (Å²) < 4.78 is 35.3. The summed E-state index contributed by atoms with van der Waals surface area (Å²) in [5.74, 6) is -0.241. The summed E-state index contributed by atoms with van der Waals surface area (Å²) in [6.07, 6.45) is 1.78. The average Bonchev–Trinajstić information content (AvgIpc) is 3.57. The predicted octanol–water partition coefficient (Wildman–Crippen LogP) is 5.71. The first-order valence-electron chi connectivity index (χ1n) is 11.9. The Morgan fingerprint density at radius 1 is 1.11 bits per heavy atom. The molecular formula is C27H26BrN3O4S2. The first kappa shape index (κ1) is 26.0. The second-order valence-corrected chi connectivity index (χ2v) is 12.9. The van der Waals surface area contributed by atoms with E-state index in [0.717, 1.165) is 33.1 Å². The van der Waals surface area contributed by atoms with E-state index in [9.17, 15) is 13.2 Å². The highest BCUT2D eigenvalue weighted by atomic mass is 79.9. The van der Waals surface area contributed by atoms with Gasteiger partial charge in [0.2, 0.25) is 10.0 Å². The number of carbonyl (C=O) groups excluding carboxylic acids is 1. The Hall–Kier alpha value is -2.63. The molecule has 1 aliphatic heterocycles. The van der Waals surface area contributed by atoms with Gasteiger partial charge in [0.15, 0.2) is 5.13 Å². The van der Waals surface area contributed by atoms with Crippen LogP contribution >= 0.6 is 27.3 Å². The number of fused-ring (bicyclic) bond motifs is 1. The Morgan fingerprint density at radius 3 is 2.57 bits per heavy atom. The molecule has 0 radical (unpaired) electrons. The zero-order chi connectivity index (χ0) is 26.0. The number of anilines is 1. The molecule has 0 N–H and O–H groups in total. The van der Waals surface area contributed by atoms with Crippen molar-refractivity contribution in [1.29, 1.82) is 0 Å². The summed E-state index contributed by atoms with van der Waals surface area (Å²) >= 11 is 4.94. The normalized spacial score (nSPS) is 15.9. The molecular weight excluding hydrogens is 574 g/mol. The summed E-state index contributed by atoms with van der Waals surface area (Å²) in [7, 11) is -2.17. The Kier molecular flexibility index (Phi) is 7.73. The fraction of sp³-hybridized carbons (Fsp3) is 0.259. The molecule has 0 saturated carbocycles. The summed E-state index contributed by atoms with van der Waals surface area (Å²) in [6, 6.07) is 21.4. The van der Waals surface area contributed by atoms with Crippen LogP contribution in [-0.2, 0) is 21.3 Å². The number of rotatable bonds is 8. The van der Waals surface area contributed by atoms with E-state index in [1.165, 1.54) is 27.8 Å². The number of aromatic nitrogens is 1. The topological polar surface area (TPSA) is 79.8 Å². The van der Waals surface area contributed by atoms with E-state index < -0.39 is 10.0 Å². The van der Waals surface area contributed by atoms with Crippen molar-refractivity contribution in [1.82, 2.24) is 9.29 Å². The molecule has 10 heteroatoms. The molecule has 2 heterocycles. The number of ether oxygens (including phenoxy) is 1.